The van der Waals surface area contributed by atoms with E-state index in [-0.39, 0.29) is 17.0 Å². The number of carboxylic acid groups (broad SMARTS) is 1. The molecule has 0 aliphatic carbocycles. The summed E-state index contributed by atoms with van der Waals surface area (Å²) in [5.74, 6) is -1.45. The van der Waals surface area contributed by atoms with E-state index in [2.05, 4.69) is 15.6 Å². The molecule has 8 heteroatoms. The Kier molecular flexibility index (Phi) is 4.72. The molecule has 7 nitrogen and oxygen atoms in total. The van der Waals surface area contributed by atoms with Gasteiger partial charge in [-0.2, -0.15) is 0 Å². The van der Waals surface area contributed by atoms with Crippen molar-refractivity contribution in [1.82, 2.24) is 10.3 Å². The highest BCUT2D eigenvalue weighted by molar-refractivity contribution is 7.07. The van der Waals surface area contributed by atoms with Crippen molar-refractivity contribution in [2.24, 2.45) is 0 Å². The quantitative estimate of drug-likeness (QED) is 0.630. The number of carboxylic acids is 1. The molecule has 0 unspecified atom stereocenters. The lowest BCUT2D eigenvalue weighted by atomic mass is 10.2. The first-order chi connectivity index (χ1) is 10.1. The lowest BCUT2D eigenvalue weighted by Gasteiger charge is -2.09. The Hall–Kier alpha value is -2.61. The zero-order valence-corrected chi connectivity index (χ0v) is 11.7. The monoisotopic (exact) mass is 307 g/mol. The molecule has 0 saturated heterocycles. The first-order valence-electron chi connectivity index (χ1n) is 6.04. The maximum atomic E-state index is 11.6. The molecule has 2 rings (SSSR count). The van der Waals surface area contributed by atoms with Crippen LogP contribution in [0.3, 0.4) is 0 Å². The number of aromatic carboxylic acids is 1. The van der Waals surface area contributed by atoms with Crippen LogP contribution in [0, 0.1) is 0 Å². The van der Waals surface area contributed by atoms with E-state index in [0.717, 1.165) is 11.8 Å². The highest BCUT2D eigenvalue weighted by atomic mass is 32.1. The van der Waals surface area contributed by atoms with Gasteiger partial charge in [-0.15, -0.1) is 11.3 Å². The number of amides is 2. The average molecular weight is 307 g/mol. The number of benzene rings is 1. The lowest BCUT2D eigenvalue weighted by Crippen LogP contribution is -2.30. The Labute approximate surface area is 124 Å². The fourth-order valence-corrected chi connectivity index (χ4v) is 2.19. The largest absolute Gasteiger partial charge is 0.506 e. The zero-order chi connectivity index (χ0) is 15.2. The smallest absolute Gasteiger partial charge is 0.335 e. The van der Waals surface area contributed by atoms with E-state index < -0.39 is 12.0 Å². The number of phenolic OH excluding ortho intramolecular Hbond substituents is 1. The van der Waals surface area contributed by atoms with Gasteiger partial charge < -0.3 is 20.8 Å². The molecule has 0 aliphatic rings. The summed E-state index contributed by atoms with van der Waals surface area (Å²) in [6.07, 6.45) is 0.612. The van der Waals surface area contributed by atoms with Gasteiger partial charge in [0.15, 0.2) is 0 Å². The van der Waals surface area contributed by atoms with Gasteiger partial charge in [-0.05, 0) is 18.2 Å². The number of hydrogen-bond acceptors (Lipinski definition) is 5. The van der Waals surface area contributed by atoms with E-state index in [1.54, 1.807) is 5.51 Å². The van der Waals surface area contributed by atoms with Crippen molar-refractivity contribution >= 4 is 29.0 Å². The summed E-state index contributed by atoms with van der Waals surface area (Å²) in [7, 11) is 0. The maximum Gasteiger partial charge on any atom is 0.335 e. The number of aromatic hydroxyl groups is 1. The van der Waals surface area contributed by atoms with Crippen LogP contribution in [0.2, 0.25) is 0 Å². The molecule has 2 aromatic rings. The molecular weight excluding hydrogens is 294 g/mol. The van der Waals surface area contributed by atoms with E-state index in [1.807, 2.05) is 5.38 Å². The second-order valence-electron chi connectivity index (χ2n) is 4.15. The van der Waals surface area contributed by atoms with Crippen LogP contribution < -0.4 is 10.6 Å². The first-order valence-corrected chi connectivity index (χ1v) is 6.99. The molecule has 0 aliphatic heterocycles. The number of phenols is 1. The number of nitrogens with zero attached hydrogens (tertiary/aromatic N) is 1. The average Bonchev–Trinajstić information content (AvgIpc) is 2.94. The number of nitrogens with one attached hydrogen (secondary N) is 2. The Morgan fingerprint density at radius 3 is 2.76 bits per heavy atom. The van der Waals surface area contributed by atoms with Gasteiger partial charge in [-0.3, -0.25) is 0 Å². The SMILES string of the molecule is O=C(NCCc1cscn1)Nc1ccc(C(=O)O)cc1O. The molecular formula is C13H13N3O4S. The molecule has 0 radical (unpaired) electrons. The molecule has 1 aromatic heterocycles. The molecule has 0 saturated carbocycles. The number of thiazole rings is 1. The first kappa shape index (κ1) is 14.8. The number of hydrogen-bond donors (Lipinski definition) is 4. The van der Waals surface area contributed by atoms with Gasteiger partial charge in [0.05, 0.1) is 22.5 Å². The molecule has 1 aromatic carbocycles. The van der Waals surface area contributed by atoms with Gasteiger partial charge in [-0.25, -0.2) is 14.6 Å². The van der Waals surface area contributed by atoms with Crippen LogP contribution in [-0.4, -0.2) is 33.7 Å². The Morgan fingerprint density at radius 1 is 1.33 bits per heavy atom. The predicted molar refractivity (Wildman–Crippen MR) is 77.9 cm³/mol. The number of carbonyl (C=O) groups is 2. The lowest BCUT2D eigenvalue weighted by molar-refractivity contribution is 0.0696. The molecule has 21 heavy (non-hydrogen) atoms. The third kappa shape index (κ3) is 4.18. The normalized spacial score (nSPS) is 10.1. The summed E-state index contributed by atoms with van der Waals surface area (Å²) in [4.78, 5) is 26.5. The van der Waals surface area contributed by atoms with Crippen LogP contribution in [0.1, 0.15) is 16.1 Å². The highest BCUT2D eigenvalue weighted by Crippen LogP contribution is 2.24. The fourth-order valence-electron chi connectivity index (χ4n) is 1.60. The summed E-state index contributed by atoms with van der Waals surface area (Å²) in [5, 5.41) is 25.4. The van der Waals surface area contributed by atoms with Crippen molar-refractivity contribution in [3.8, 4) is 5.75 Å². The van der Waals surface area contributed by atoms with Gasteiger partial charge in [0.25, 0.3) is 0 Å². The number of carbonyl (C=O) groups excluding carboxylic acids is 1. The zero-order valence-electron chi connectivity index (χ0n) is 10.9. The van der Waals surface area contributed by atoms with Crippen LogP contribution in [0.15, 0.2) is 29.1 Å². The summed E-state index contributed by atoms with van der Waals surface area (Å²) >= 11 is 1.49. The third-order valence-electron chi connectivity index (χ3n) is 2.64. The second kappa shape index (κ2) is 6.71. The van der Waals surface area contributed by atoms with Crippen molar-refractivity contribution in [3.63, 3.8) is 0 Å². The minimum absolute atomic E-state index is 0.0537. The van der Waals surface area contributed by atoms with Gasteiger partial charge in [0.2, 0.25) is 0 Å². The maximum absolute atomic E-state index is 11.6. The van der Waals surface area contributed by atoms with Crippen LogP contribution in [-0.2, 0) is 6.42 Å². The van der Waals surface area contributed by atoms with Gasteiger partial charge in [0, 0.05) is 18.3 Å². The molecule has 4 N–H and O–H groups in total. The van der Waals surface area contributed by atoms with Crippen molar-refractivity contribution in [2.45, 2.75) is 6.42 Å². The summed E-state index contributed by atoms with van der Waals surface area (Å²) in [6, 6.07) is 3.22. The summed E-state index contributed by atoms with van der Waals surface area (Å²) in [6.45, 7) is 0.406. The minimum atomic E-state index is -1.15. The summed E-state index contributed by atoms with van der Waals surface area (Å²) < 4.78 is 0. The molecule has 0 atom stereocenters. The molecule has 0 fully saturated rings. The summed E-state index contributed by atoms with van der Waals surface area (Å²) in [5.41, 5.74) is 2.71. The Bertz CT molecular complexity index is 643. The van der Waals surface area contributed by atoms with E-state index in [0.29, 0.717) is 13.0 Å². The van der Waals surface area contributed by atoms with E-state index >= 15 is 0 Å². The molecule has 0 spiro atoms. The molecule has 2 amide bonds. The van der Waals surface area contributed by atoms with E-state index in [1.165, 1.54) is 23.5 Å². The number of anilines is 1. The number of urea groups is 1. The van der Waals surface area contributed by atoms with Crippen LogP contribution in [0.25, 0.3) is 0 Å². The molecule has 110 valence electrons. The number of rotatable bonds is 5. The van der Waals surface area contributed by atoms with Crippen molar-refractivity contribution in [3.05, 3.63) is 40.3 Å². The predicted octanol–water partition coefficient (Wildman–Crippen LogP) is 1.91. The standard InChI is InChI=1S/C13H13N3O4S/c17-11-5-8(12(18)19)1-2-10(11)16-13(20)14-4-3-9-6-21-7-15-9/h1-2,5-7,17H,3-4H2,(H,18,19)(H2,14,16,20). The topological polar surface area (TPSA) is 112 Å². The molecule has 0 bridgehead atoms. The third-order valence-corrected chi connectivity index (χ3v) is 3.28. The minimum Gasteiger partial charge on any atom is -0.506 e. The van der Waals surface area contributed by atoms with Crippen molar-refractivity contribution in [1.29, 1.82) is 0 Å². The highest BCUT2D eigenvalue weighted by Gasteiger charge is 2.10. The van der Waals surface area contributed by atoms with Gasteiger partial charge >= 0.3 is 12.0 Å². The Morgan fingerprint density at radius 2 is 2.14 bits per heavy atom. The van der Waals surface area contributed by atoms with Crippen LogP contribution >= 0.6 is 11.3 Å². The Balaban J connectivity index is 1.86. The van der Waals surface area contributed by atoms with Crippen molar-refractivity contribution < 1.29 is 19.8 Å². The van der Waals surface area contributed by atoms with Crippen LogP contribution in [0.5, 0.6) is 5.75 Å². The molecule has 1 heterocycles. The van der Waals surface area contributed by atoms with Crippen molar-refractivity contribution in [2.75, 3.05) is 11.9 Å². The fraction of sp³-hybridized carbons (Fsp3) is 0.154. The number of aromatic nitrogens is 1. The second-order valence-corrected chi connectivity index (χ2v) is 4.87. The van der Waals surface area contributed by atoms with Gasteiger partial charge in [0.1, 0.15) is 5.75 Å². The van der Waals surface area contributed by atoms with E-state index in [4.69, 9.17) is 5.11 Å². The van der Waals surface area contributed by atoms with Gasteiger partial charge in [-0.1, -0.05) is 0 Å². The van der Waals surface area contributed by atoms with Crippen LogP contribution in [0.4, 0.5) is 10.5 Å². The van der Waals surface area contributed by atoms with E-state index in [9.17, 15) is 14.7 Å².